The van der Waals surface area contributed by atoms with E-state index >= 15 is 0 Å². The van der Waals surface area contributed by atoms with Gasteiger partial charge in [0.15, 0.2) is 0 Å². The Hall–Kier alpha value is -2.08. The summed E-state index contributed by atoms with van der Waals surface area (Å²) in [6.45, 7) is 5.12. The Morgan fingerprint density at radius 1 is 1.11 bits per heavy atom. The number of hydrogen-bond acceptors (Lipinski definition) is 6. The van der Waals surface area contributed by atoms with Crippen molar-refractivity contribution in [1.82, 2.24) is 15.0 Å². The van der Waals surface area contributed by atoms with E-state index in [1.807, 2.05) is 6.92 Å². The van der Waals surface area contributed by atoms with Crippen LogP contribution in [0.4, 0.5) is 5.95 Å². The highest BCUT2D eigenvalue weighted by molar-refractivity contribution is 5.32. The summed E-state index contributed by atoms with van der Waals surface area (Å²) >= 11 is 0. The van der Waals surface area contributed by atoms with Crippen molar-refractivity contribution in [3.05, 3.63) is 35.7 Å². The summed E-state index contributed by atoms with van der Waals surface area (Å²) in [6, 6.07) is 9.92. The van der Waals surface area contributed by atoms with E-state index in [1.54, 1.807) is 7.11 Å². The Morgan fingerprint density at radius 2 is 1.96 bits per heavy atom. The predicted molar refractivity (Wildman–Crippen MR) is 103 cm³/mol. The highest BCUT2D eigenvalue weighted by atomic mass is 16.5. The van der Waals surface area contributed by atoms with Crippen LogP contribution in [0.15, 0.2) is 28.8 Å². The normalized spacial score (nSPS) is 30.8. The first-order valence-electron chi connectivity index (χ1n) is 10.2. The Bertz CT molecular complexity index is 790. The Balaban J connectivity index is 1.37. The van der Waals surface area contributed by atoms with Crippen molar-refractivity contribution in [3.63, 3.8) is 0 Å². The molecule has 3 saturated heterocycles. The lowest BCUT2D eigenvalue weighted by molar-refractivity contribution is -0.0202. The first kappa shape index (κ1) is 17.0. The molecule has 5 rings (SSSR count). The minimum atomic E-state index is 0.541. The smallest absolute Gasteiger partial charge is 0.266 e. The topological polar surface area (TPSA) is 54.6 Å². The Morgan fingerprint density at radius 3 is 2.70 bits per heavy atom. The third kappa shape index (κ3) is 3.10. The van der Waals surface area contributed by atoms with Crippen LogP contribution in [0.5, 0.6) is 5.75 Å². The summed E-state index contributed by atoms with van der Waals surface area (Å²) in [7, 11) is 1.73. The van der Waals surface area contributed by atoms with Crippen LogP contribution in [0.2, 0.25) is 0 Å². The van der Waals surface area contributed by atoms with Gasteiger partial charge in [0.1, 0.15) is 5.75 Å². The molecule has 0 saturated carbocycles. The standard InChI is InChI=1S/C21H28N4O2/c1-14-22-21(23-27-14)24-11-15-10-17(13-24)20-5-3-4-19(25(20)12-15)16-6-8-18(26-2)9-7-16/h6-9,15,17,19-20H,3-5,10-13H2,1-2H3/t15-,17+,19+,20-/m0/s1. The number of aryl methyl sites for hydroxylation is 1. The predicted octanol–water partition coefficient (Wildman–Crippen LogP) is 3.44. The molecule has 6 heteroatoms. The second-order valence-corrected chi connectivity index (χ2v) is 8.36. The van der Waals surface area contributed by atoms with Gasteiger partial charge in [-0.05, 0) is 60.4 Å². The lowest BCUT2D eigenvalue weighted by atomic mass is 9.74. The van der Waals surface area contributed by atoms with Gasteiger partial charge in [0.05, 0.1) is 7.11 Å². The van der Waals surface area contributed by atoms with E-state index in [-0.39, 0.29) is 0 Å². The number of methoxy groups -OCH3 is 1. The number of fused-ring (bicyclic) bond motifs is 4. The molecule has 27 heavy (non-hydrogen) atoms. The maximum atomic E-state index is 5.34. The van der Waals surface area contributed by atoms with E-state index in [9.17, 15) is 0 Å². The van der Waals surface area contributed by atoms with Crippen LogP contribution < -0.4 is 9.64 Å². The van der Waals surface area contributed by atoms with Crippen molar-refractivity contribution in [2.24, 2.45) is 11.8 Å². The molecular formula is C21H28N4O2. The zero-order valence-electron chi connectivity index (χ0n) is 16.2. The average Bonchev–Trinajstić information content (AvgIpc) is 3.14. The van der Waals surface area contributed by atoms with Gasteiger partial charge in [-0.25, -0.2) is 0 Å². The molecule has 2 aromatic rings. The number of piperidine rings is 3. The van der Waals surface area contributed by atoms with Gasteiger partial charge < -0.3 is 14.2 Å². The second kappa shape index (κ2) is 6.82. The van der Waals surface area contributed by atoms with E-state index in [1.165, 1.54) is 37.8 Å². The minimum absolute atomic E-state index is 0.541. The third-order valence-corrected chi connectivity index (χ3v) is 6.69. The van der Waals surface area contributed by atoms with E-state index in [0.717, 1.165) is 24.8 Å². The maximum Gasteiger partial charge on any atom is 0.266 e. The van der Waals surface area contributed by atoms with Crippen LogP contribution in [0, 0.1) is 18.8 Å². The van der Waals surface area contributed by atoms with Crippen LogP contribution in [-0.4, -0.2) is 47.8 Å². The fourth-order valence-electron chi connectivity index (χ4n) is 5.57. The number of rotatable bonds is 3. The largest absolute Gasteiger partial charge is 0.497 e. The van der Waals surface area contributed by atoms with Crippen molar-refractivity contribution in [3.8, 4) is 5.75 Å². The average molecular weight is 368 g/mol. The quantitative estimate of drug-likeness (QED) is 0.827. The summed E-state index contributed by atoms with van der Waals surface area (Å²) in [5.74, 6) is 3.74. The van der Waals surface area contributed by atoms with Gasteiger partial charge >= 0.3 is 0 Å². The van der Waals surface area contributed by atoms with Crippen molar-refractivity contribution >= 4 is 5.95 Å². The van der Waals surface area contributed by atoms with Gasteiger partial charge in [-0.1, -0.05) is 12.1 Å². The van der Waals surface area contributed by atoms with E-state index < -0.39 is 0 Å². The molecule has 2 bridgehead atoms. The molecule has 3 fully saturated rings. The van der Waals surface area contributed by atoms with E-state index in [4.69, 9.17) is 9.26 Å². The van der Waals surface area contributed by atoms with Crippen LogP contribution in [0.3, 0.4) is 0 Å². The molecule has 4 atom stereocenters. The van der Waals surface area contributed by atoms with Crippen molar-refractivity contribution in [1.29, 1.82) is 0 Å². The molecule has 0 N–H and O–H groups in total. The van der Waals surface area contributed by atoms with Gasteiger partial charge in [0, 0.05) is 38.6 Å². The van der Waals surface area contributed by atoms with Crippen LogP contribution in [0.25, 0.3) is 0 Å². The molecule has 4 heterocycles. The molecule has 6 nitrogen and oxygen atoms in total. The summed E-state index contributed by atoms with van der Waals surface area (Å²) in [4.78, 5) is 9.63. The van der Waals surface area contributed by atoms with Crippen LogP contribution in [0.1, 0.15) is 43.2 Å². The lowest BCUT2D eigenvalue weighted by Gasteiger charge is -2.55. The molecule has 0 amide bonds. The number of ether oxygens (including phenoxy) is 1. The van der Waals surface area contributed by atoms with Crippen molar-refractivity contribution in [2.45, 2.75) is 44.7 Å². The van der Waals surface area contributed by atoms with E-state index in [2.05, 4.69) is 44.2 Å². The lowest BCUT2D eigenvalue weighted by Crippen LogP contribution is -2.59. The van der Waals surface area contributed by atoms with Crippen LogP contribution in [-0.2, 0) is 0 Å². The molecule has 1 aromatic heterocycles. The van der Waals surface area contributed by atoms with Gasteiger partial charge in [-0.3, -0.25) is 4.90 Å². The number of aromatic nitrogens is 2. The first-order chi connectivity index (χ1) is 13.2. The fourth-order valence-corrected chi connectivity index (χ4v) is 5.57. The third-order valence-electron chi connectivity index (χ3n) is 6.69. The van der Waals surface area contributed by atoms with Gasteiger partial charge in [0.25, 0.3) is 5.95 Å². The summed E-state index contributed by atoms with van der Waals surface area (Å²) in [5.41, 5.74) is 1.44. The number of hydrogen-bond donors (Lipinski definition) is 0. The fraction of sp³-hybridized carbons (Fsp3) is 0.619. The maximum absolute atomic E-state index is 5.34. The summed E-state index contributed by atoms with van der Waals surface area (Å²) < 4.78 is 10.6. The highest BCUT2D eigenvalue weighted by Gasteiger charge is 2.45. The zero-order chi connectivity index (χ0) is 18.4. The van der Waals surface area contributed by atoms with Crippen molar-refractivity contribution < 1.29 is 9.26 Å². The van der Waals surface area contributed by atoms with Gasteiger partial charge in [0.2, 0.25) is 5.89 Å². The van der Waals surface area contributed by atoms with Crippen molar-refractivity contribution in [2.75, 3.05) is 31.6 Å². The molecule has 3 aliphatic rings. The molecular weight excluding hydrogens is 340 g/mol. The highest BCUT2D eigenvalue weighted by Crippen LogP contribution is 2.44. The zero-order valence-corrected chi connectivity index (χ0v) is 16.2. The monoisotopic (exact) mass is 368 g/mol. The molecule has 144 valence electrons. The Kier molecular flexibility index (Phi) is 4.31. The molecule has 0 radical (unpaired) electrons. The second-order valence-electron chi connectivity index (χ2n) is 8.36. The van der Waals surface area contributed by atoms with Gasteiger partial charge in [-0.2, -0.15) is 4.98 Å². The molecule has 1 aromatic carbocycles. The molecule has 0 spiro atoms. The summed E-state index contributed by atoms with van der Waals surface area (Å²) in [6.07, 6.45) is 5.21. The van der Waals surface area contributed by atoms with Gasteiger partial charge in [-0.15, -0.1) is 0 Å². The SMILES string of the molecule is COc1ccc([C@H]2CCC[C@H]3[C@@H]4C[C@@H](CN(c5noc(C)n5)C4)CN23)cc1. The minimum Gasteiger partial charge on any atom is -0.497 e. The molecule has 0 aliphatic carbocycles. The summed E-state index contributed by atoms with van der Waals surface area (Å²) in [5, 5.41) is 4.16. The Labute approximate surface area is 160 Å². The first-order valence-corrected chi connectivity index (χ1v) is 10.2. The van der Waals surface area contributed by atoms with E-state index in [0.29, 0.717) is 29.8 Å². The van der Waals surface area contributed by atoms with Crippen LogP contribution >= 0.6 is 0 Å². The number of anilines is 1. The molecule has 3 aliphatic heterocycles. The number of benzene rings is 1. The molecule has 0 unspecified atom stereocenters. The number of nitrogens with zero attached hydrogens (tertiary/aromatic N) is 4.